The van der Waals surface area contributed by atoms with Gasteiger partial charge < -0.3 is 24.0 Å². The van der Waals surface area contributed by atoms with E-state index in [4.69, 9.17) is 0 Å². The molecule has 0 amide bonds. The van der Waals surface area contributed by atoms with Gasteiger partial charge in [0.2, 0.25) is 6.33 Å². The van der Waals surface area contributed by atoms with Crippen LogP contribution in [0.15, 0.2) is 48.1 Å². The van der Waals surface area contributed by atoms with Crippen molar-refractivity contribution < 1.29 is 28.7 Å². The van der Waals surface area contributed by atoms with Gasteiger partial charge in [-0.3, -0.25) is 0 Å². The predicted molar refractivity (Wildman–Crippen MR) is 57.5 cm³/mol. The topological polar surface area (TPSA) is 34.1 Å². The minimum atomic E-state index is 0. The van der Waals surface area contributed by atoms with E-state index in [0.717, 1.165) is 11.3 Å². The van der Waals surface area contributed by atoms with Gasteiger partial charge in [0.1, 0.15) is 0 Å². The van der Waals surface area contributed by atoms with Crippen LogP contribution in [0.4, 0.5) is 0 Å². The summed E-state index contributed by atoms with van der Waals surface area (Å²) in [5.41, 5.74) is 2.09. The van der Waals surface area contributed by atoms with E-state index in [1.807, 2.05) is 50.6 Å². The lowest BCUT2D eigenvalue weighted by atomic mass is 10.1. The molecule has 0 saturated heterocycles. The minimum absolute atomic E-state index is 0. The van der Waals surface area contributed by atoms with Crippen LogP contribution in [-0.4, -0.2) is 15.5 Å². The molecule has 0 radical (unpaired) electrons. The Morgan fingerprint density at radius 1 is 1.31 bits per heavy atom. The average Bonchev–Trinajstić information content (AvgIpc) is 2.65. The third kappa shape index (κ3) is 3.13. The number of halogens is 1. The Morgan fingerprint density at radius 3 is 2.56 bits per heavy atom. The van der Waals surface area contributed by atoms with Crippen molar-refractivity contribution in [2.24, 2.45) is 12.1 Å². The third-order valence-electron chi connectivity index (χ3n) is 2.09. The molecule has 0 aliphatic rings. The van der Waals surface area contributed by atoms with Crippen molar-refractivity contribution >= 4 is 5.71 Å². The summed E-state index contributed by atoms with van der Waals surface area (Å²) in [6, 6.07) is 10.1. The summed E-state index contributed by atoms with van der Waals surface area (Å²) in [5.74, 6) is 0. The first kappa shape index (κ1) is 12.8. The van der Waals surface area contributed by atoms with Crippen molar-refractivity contribution in [2.45, 2.75) is 6.92 Å². The second-order valence-electron chi connectivity index (χ2n) is 3.35. The van der Waals surface area contributed by atoms with Crippen LogP contribution in [0.2, 0.25) is 0 Å². The fraction of sp³-hybridized carbons (Fsp3) is 0.182. The largest absolute Gasteiger partial charge is 1.00 e. The fourth-order valence-corrected chi connectivity index (χ4v) is 1.33. The Bertz CT molecular complexity index is 476. The van der Waals surface area contributed by atoms with E-state index in [1.54, 1.807) is 15.7 Å². The van der Waals surface area contributed by atoms with Gasteiger partial charge in [0, 0.05) is 5.10 Å². The lowest BCUT2D eigenvalue weighted by Crippen LogP contribution is -3.00. The van der Waals surface area contributed by atoms with Crippen LogP contribution in [0, 0.1) is 0 Å². The van der Waals surface area contributed by atoms with Gasteiger partial charge in [-0.25, -0.2) is 0 Å². The predicted octanol–water partition coefficient (Wildman–Crippen LogP) is -2.02. The molecular formula is C11H13IN4. The number of nitrogens with zero attached hydrogens (tertiary/aromatic N) is 4. The van der Waals surface area contributed by atoms with E-state index >= 15 is 0 Å². The fourth-order valence-electron chi connectivity index (χ4n) is 1.33. The van der Waals surface area contributed by atoms with Gasteiger partial charge in [0.25, 0.3) is 6.33 Å². The van der Waals surface area contributed by atoms with Crippen LogP contribution in [0.1, 0.15) is 12.5 Å². The zero-order valence-corrected chi connectivity index (χ0v) is 11.4. The molecule has 84 valence electrons. The molecule has 0 bridgehead atoms. The molecule has 0 N–H and O–H groups in total. The number of aryl methyl sites for hydroxylation is 1. The molecule has 2 rings (SSSR count). The Kier molecular flexibility index (Phi) is 4.60. The van der Waals surface area contributed by atoms with Crippen molar-refractivity contribution in [1.29, 1.82) is 0 Å². The smallest absolute Gasteiger partial charge is 0.288 e. The Labute approximate surface area is 112 Å². The molecular weight excluding hydrogens is 315 g/mol. The summed E-state index contributed by atoms with van der Waals surface area (Å²) < 4.78 is 3.41. The molecule has 16 heavy (non-hydrogen) atoms. The van der Waals surface area contributed by atoms with Crippen LogP contribution in [0.25, 0.3) is 0 Å². The van der Waals surface area contributed by atoms with Crippen LogP contribution in [0.5, 0.6) is 0 Å². The second kappa shape index (κ2) is 5.74. The van der Waals surface area contributed by atoms with Gasteiger partial charge >= 0.3 is 0 Å². The highest BCUT2D eigenvalue weighted by Gasteiger charge is 2.01. The maximum atomic E-state index is 4.40. The van der Waals surface area contributed by atoms with Gasteiger partial charge in [-0.15, -0.1) is 14.5 Å². The summed E-state index contributed by atoms with van der Waals surface area (Å²) in [7, 11) is 1.86. The van der Waals surface area contributed by atoms with E-state index in [2.05, 4.69) is 10.2 Å². The summed E-state index contributed by atoms with van der Waals surface area (Å²) in [6.45, 7) is 1.98. The van der Waals surface area contributed by atoms with E-state index in [-0.39, 0.29) is 24.0 Å². The lowest BCUT2D eigenvalue weighted by Gasteiger charge is -1.96. The number of rotatable bonds is 2. The summed E-state index contributed by atoms with van der Waals surface area (Å²) in [4.78, 5) is 0. The van der Waals surface area contributed by atoms with Crippen molar-refractivity contribution in [1.82, 2.24) is 9.78 Å². The van der Waals surface area contributed by atoms with Crippen molar-refractivity contribution in [3.63, 3.8) is 0 Å². The number of aromatic nitrogens is 3. The average molecular weight is 328 g/mol. The van der Waals surface area contributed by atoms with Gasteiger partial charge in [-0.1, -0.05) is 30.3 Å². The maximum Gasteiger partial charge on any atom is 0.288 e. The van der Waals surface area contributed by atoms with Gasteiger partial charge in [0.15, 0.2) is 0 Å². The SMILES string of the molecule is CC(=N[n+]1cnn(C)c1)c1ccccc1.[I-]. The molecule has 1 aromatic carbocycles. The number of hydrogen-bond donors (Lipinski definition) is 0. The normalized spacial score (nSPS) is 11.0. The van der Waals surface area contributed by atoms with E-state index in [9.17, 15) is 0 Å². The van der Waals surface area contributed by atoms with Crippen LogP contribution in [-0.2, 0) is 7.05 Å². The molecule has 0 fully saturated rings. The highest BCUT2D eigenvalue weighted by molar-refractivity contribution is 5.98. The molecule has 0 atom stereocenters. The van der Waals surface area contributed by atoms with Gasteiger partial charge in [-0.05, 0) is 12.5 Å². The Balaban J connectivity index is 0.00000128. The molecule has 0 aliphatic heterocycles. The molecule has 0 saturated carbocycles. The zero-order valence-electron chi connectivity index (χ0n) is 9.21. The van der Waals surface area contributed by atoms with E-state index in [0.29, 0.717) is 0 Å². The van der Waals surface area contributed by atoms with E-state index in [1.165, 1.54) is 0 Å². The second-order valence-corrected chi connectivity index (χ2v) is 3.35. The molecule has 2 aromatic rings. The monoisotopic (exact) mass is 328 g/mol. The van der Waals surface area contributed by atoms with Gasteiger partial charge in [0.05, 0.1) is 12.8 Å². The van der Waals surface area contributed by atoms with Crippen LogP contribution < -0.4 is 28.7 Å². The first-order chi connectivity index (χ1) is 7.25. The van der Waals surface area contributed by atoms with Gasteiger partial charge in [-0.2, -0.15) is 0 Å². The molecule has 0 spiro atoms. The molecule has 0 unspecified atom stereocenters. The molecule has 1 aromatic heterocycles. The van der Waals surface area contributed by atoms with Crippen molar-refractivity contribution in [3.8, 4) is 0 Å². The summed E-state index contributed by atoms with van der Waals surface area (Å²) >= 11 is 0. The highest BCUT2D eigenvalue weighted by atomic mass is 127. The summed E-state index contributed by atoms with van der Waals surface area (Å²) in [5, 5.41) is 8.44. The van der Waals surface area contributed by atoms with Crippen LogP contribution in [0.3, 0.4) is 0 Å². The highest BCUT2D eigenvalue weighted by Crippen LogP contribution is 1.99. The zero-order chi connectivity index (χ0) is 10.7. The first-order valence-electron chi connectivity index (χ1n) is 4.76. The van der Waals surface area contributed by atoms with E-state index < -0.39 is 0 Å². The number of benzene rings is 1. The maximum absolute atomic E-state index is 4.40. The Morgan fingerprint density at radius 2 is 2.00 bits per heavy atom. The standard InChI is InChI=1S/C11H13N4.HI/c1-10(11-6-4-3-5-7-11)13-15-8-12-14(2)9-15;/h3-9H,1-2H3;1H/q+1;/p-1. The first-order valence-corrected chi connectivity index (χ1v) is 4.76. The third-order valence-corrected chi connectivity index (χ3v) is 2.09. The number of hydrogen-bond acceptors (Lipinski definition) is 2. The lowest BCUT2D eigenvalue weighted by molar-refractivity contribution is -0.679. The van der Waals surface area contributed by atoms with Crippen LogP contribution >= 0.6 is 0 Å². The van der Waals surface area contributed by atoms with Crippen molar-refractivity contribution in [3.05, 3.63) is 48.5 Å². The molecule has 5 heteroatoms. The quantitative estimate of drug-likeness (QED) is 0.356. The molecule has 1 heterocycles. The molecule has 0 aliphatic carbocycles. The minimum Gasteiger partial charge on any atom is -1.00 e. The molecule has 4 nitrogen and oxygen atoms in total. The summed E-state index contributed by atoms with van der Waals surface area (Å²) in [6.07, 6.45) is 3.48. The Hall–Kier alpha value is -1.24. The van der Waals surface area contributed by atoms with Crippen molar-refractivity contribution in [2.75, 3.05) is 0 Å².